The van der Waals surface area contributed by atoms with E-state index >= 15 is 0 Å². The van der Waals surface area contributed by atoms with Crippen LogP contribution in [-0.4, -0.2) is 27.6 Å². The largest absolute Gasteiger partial charge is 0.490 e. The molecular weight excluding hydrogens is 404 g/mol. The van der Waals surface area contributed by atoms with Gasteiger partial charge in [-0.05, 0) is 57.1 Å². The summed E-state index contributed by atoms with van der Waals surface area (Å²) in [4.78, 5) is 0. The molecule has 0 aliphatic carbocycles. The SMILES string of the molecule is CCCc1n[nH]c(=S)n1NCc1cc(OCC)c(OC(C)C)cc1Br. The van der Waals surface area contributed by atoms with Crippen LogP contribution in [0.4, 0.5) is 0 Å². The minimum Gasteiger partial charge on any atom is -0.490 e. The van der Waals surface area contributed by atoms with Gasteiger partial charge in [-0.1, -0.05) is 22.9 Å². The van der Waals surface area contributed by atoms with Crippen molar-refractivity contribution >= 4 is 28.1 Å². The number of aryl methyl sites for hydroxylation is 1. The summed E-state index contributed by atoms with van der Waals surface area (Å²) in [5, 5.41) is 7.09. The van der Waals surface area contributed by atoms with Crippen LogP contribution in [0.15, 0.2) is 16.6 Å². The van der Waals surface area contributed by atoms with E-state index in [4.69, 9.17) is 21.7 Å². The van der Waals surface area contributed by atoms with Gasteiger partial charge in [-0.3, -0.25) is 5.10 Å². The minimum atomic E-state index is 0.0796. The van der Waals surface area contributed by atoms with Crippen LogP contribution in [0.3, 0.4) is 0 Å². The van der Waals surface area contributed by atoms with Gasteiger partial charge < -0.3 is 14.9 Å². The lowest BCUT2D eigenvalue weighted by Crippen LogP contribution is -2.18. The van der Waals surface area contributed by atoms with Gasteiger partial charge in [0.05, 0.1) is 19.3 Å². The summed E-state index contributed by atoms with van der Waals surface area (Å²) in [5.74, 6) is 2.37. The second kappa shape index (κ2) is 9.24. The van der Waals surface area contributed by atoms with E-state index < -0.39 is 0 Å². The predicted molar refractivity (Wildman–Crippen MR) is 106 cm³/mol. The number of nitrogens with one attached hydrogen (secondary N) is 2. The van der Waals surface area contributed by atoms with E-state index in [0.29, 0.717) is 17.9 Å². The molecule has 0 amide bonds. The second-order valence-corrected chi connectivity index (χ2v) is 7.10. The Labute approximate surface area is 162 Å². The van der Waals surface area contributed by atoms with Crippen molar-refractivity contribution in [3.05, 3.63) is 32.8 Å². The normalized spacial score (nSPS) is 11.0. The Balaban J connectivity index is 2.23. The lowest BCUT2D eigenvalue weighted by atomic mass is 10.2. The first-order valence-corrected chi connectivity index (χ1v) is 9.68. The summed E-state index contributed by atoms with van der Waals surface area (Å²) in [5.41, 5.74) is 4.37. The monoisotopic (exact) mass is 428 g/mol. The molecule has 0 atom stereocenters. The van der Waals surface area contributed by atoms with E-state index in [2.05, 4.69) is 38.5 Å². The number of nitrogens with zero attached hydrogens (tertiary/aromatic N) is 2. The topological polar surface area (TPSA) is 64.1 Å². The first-order chi connectivity index (χ1) is 12.0. The number of aromatic amines is 1. The first-order valence-electron chi connectivity index (χ1n) is 8.48. The molecule has 0 saturated heterocycles. The van der Waals surface area contributed by atoms with Crippen LogP contribution in [-0.2, 0) is 13.0 Å². The molecular formula is C17H25BrN4O2S. The maximum absolute atomic E-state index is 5.84. The number of aromatic nitrogens is 3. The van der Waals surface area contributed by atoms with Crippen LogP contribution >= 0.6 is 28.1 Å². The molecule has 1 aromatic heterocycles. The summed E-state index contributed by atoms with van der Waals surface area (Å²) < 4.78 is 14.9. The molecule has 2 rings (SSSR count). The van der Waals surface area contributed by atoms with Gasteiger partial charge in [-0.2, -0.15) is 5.10 Å². The van der Waals surface area contributed by atoms with E-state index in [1.807, 2.05) is 37.6 Å². The van der Waals surface area contributed by atoms with Crippen molar-refractivity contribution in [2.75, 3.05) is 12.0 Å². The number of hydrogen-bond acceptors (Lipinski definition) is 5. The molecule has 0 saturated carbocycles. The van der Waals surface area contributed by atoms with Crippen LogP contribution in [0.2, 0.25) is 0 Å². The molecule has 0 unspecified atom stereocenters. The third-order valence-electron chi connectivity index (χ3n) is 3.42. The molecule has 0 bridgehead atoms. The number of rotatable bonds is 9. The van der Waals surface area contributed by atoms with E-state index in [-0.39, 0.29) is 6.10 Å². The van der Waals surface area contributed by atoms with E-state index in [9.17, 15) is 0 Å². The number of halogens is 1. The molecule has 138 valence electrons. The van der Waals surface area contributed by atoms with Gasteiger partial charge in [0.1, 0.15) is 0 Å². The van der Waals surface area contributed by atoms with Gasteiger partial charge in [-0.15, -0.1) is 0 Å². The summed E-state index contributed by atoms with van der Waals surface area (Å²) in [6, 6.07) is 3.94. The van der Waals surface area contributed by atoms with E-state index in [0.717, 1.165) is 40.2 Å². The van der Waals surface area contributed by atoms with Crippen molar-refractivity contribution in [2.24, 2.45) is 0 Å². The highest BCUT2D eigenvalue weighted by atomic mass is 79.9. The molecule has 1 heterocycles. The summed E-state index contributed by atoms with van der Waals surface area (Å²) in [7, 11) is 0. The lowest BCUT2D eigenvalue weighted by molar-refractivity contribution is 0.223. The van der Waals surface area contributed by atoms with Crippen molar-refractivity contribution in [3.63, 3.8) is 0 Å². The molecule has 0 radical (unpaired) electrons. The van der Waals surface area contributed by atoms with Crippen LogP contribution < -0.4 is 14.9 Å². The first kappa shape index (κ1) is 19.8. The van der Waals surface area contributed by atoms with Crippen LogP contribution in [0.1, 0.15) is 45.5 Å². The van der Waals surface area contributed by atoms with Crippen molar-refractivity contribution in [1.29, 1.82) is 0 Å². The van der Waals surface area contributed by atoms with Gasteiger partial charge in [0.2, 0.25) is 4.77 Å². The molecule has 8 heteroatoms. The Hall–Kier alpha value is -1.54. The quantitative estimate of drug-likeness (QED) is 0.571. The van der Waals surface area contributed by atoms with Crippen molar-refractivity contribution < 1.29 is 9.47 Å². The highest BCUT2D eigenvalue weighted by Crippen LogP contribution is 2.34. The van der Waals surface area contributed by atoms with Gasteiger partial charge >= 0.3 is 0 Å². The summed E-state index contributed by atoms with van der Waals surface area (Å²) in [6.45, 7) is 9.22. The maximum Gasteiger partial charge on any atom is 0.214 e. The Kier molecular flexibility index (Phi) is 7.31. The van der Waals surface area contributed by atoms with E-state index in [1.54, 1.807) is 0 Å². The molecule has 2 aromatic rings. The Bertz CT molecular complexity index is 758. The Morgan fingerprint density at radius 3 is 2.72 bits per heavy atom. The third kappa shape index (κ3) is 5.22. The standard InChI is InChI=1S/C17H25BrN4O2S/c1-5-7-16-20-21-17(25)22(16)19-10-12-8-14(23-6-2)15(9-13(12)18)24-11(3)4/h8-9,11,19H,5-7,10H2,1-4H3,(H,21,25). The second-order valence-electron chi connectivity index (χ2n) is 5.86. The fourth-order valence-corrected chi connectivity index (χ4v) is 3.05. The average Bonchev–Trinajstić information content (AvgIpc) is 2.89. The predicted octanol–water partition coefficient (Wildman–Crippen LogP) is 4.59. The molecule has 1 aromatic carbocycles. The number of ether oxygens (including phenoxy) is 2. The number of H-pyrrole nitrogens is 1. The Morgan fingerprint density at radius 2 is 2.08 bits per heavy atom. The molecule has 2 N–H and O–H groups in total. The zero-order chi connectivity index (χ0) is 18.4. The summed E-state index contributed by atoms with van der Waals surface area (Å²) in [6.07, 6.45) is 1.93. The highest BCUT2D eigenvalue weighted by molar-refractivity contribution is 9.10. The van der Waals surface area contributed by atoms with Crippen molar-refractivity contribution in [2.45, 2.75) is 53.2 Å². The molecule has 0 spiro atoms. The highest BCUT2D eigenvalue weighted by Gasteiger charge is 2.13. The lowest BCUT2D eigenvalue weighted by Gasteiger charge is -2.17. The summed E-state index contributed by atoms with van der Waals surface area (Å²) >= 11 is 8.92. The van der Waals surface area contributed by atoms with E-state index in [1.165, 1.54) is 0 Å². The van der Waals surface area contributed by atoms with Crippen molar-refractivity contribution in [3.8, 4) is 11.5 Å². The minimum absolute atomic E-state index is 0.0796. The Morgan fingerprint density at radius 1 is 1.32 bits per heavy atom. The molecule has 0 aliphatic rings. The van der Waals surface area contributed by atoms with Crippen LogP contribution in [0, 0.1) is 4.77 Å². The number of benzene rings is 1. The third-order valence-corrected chi connectivity index (χ3v) is 4.43. The zero-order valence-corrected chi connectivity index (χ0v) is 17.5. The maximum atomic E-state index is 5.84. The number of hydrogen-bond donors (Lipinski definition) is 2. The van der Waals surface area contributed by atoms with Gasteiger partial charge in [0.15, 0.2) is 17.3 Å². The fourth-order valence-electron chi connectivity index (χ4n) is 2.38. The molecule has 25 heavy (non-hydrogen) atoms. The van der Waals surface area contributed by atoms with Gasteiger partial charge in [0, 0.05) is 10.9 Å². The fraction of sp³-hybridized carbons (Fsp3) is 0.529. The van der Waals surface area contributed by atoms with Crippen molar-refractivity contribution in [1.82, 2.24) is 14.9 Å². The van der Waals surface area contributed by atoms with Gasteiger partial charge in [0.25, 0.3) is 0 Å². The molecule has 6 nitrogen and oxygen atoms in total. The average molecular weight is 429 g/mol. The molecule has 0 fully saturated rings. The van der Waals surface area contributed by atoms with Gasteiger partial charge in [-0.25, -0.2) is 4.68 Å². The van der Waals surface area contributed by atoms with Crippen LogP contribution in [0.5, 0.6) is 11.5 Å². The zero-order valence-electron chi connectivity index (χ0n) is 15.1. The molecule has 0 aliphatic heterocycles. The smallest absolute Gasteiger partial charge is 0.214 e. The van der Waals surface area contributed by atoms with Crippen LogP contribution in [0.25, 0.3) is 0 Å².